The first-order valence-electron chi connectivity index (χ1n) is 9.70. The van der Waals surface area contributed by atoms with Crippen LogP contribution in [0.3, 0.4) is 0 Å². The maximum Gasteiger partial charge on any atom is 0.261 e. The summed E-state index contributed by atoms with van der Waals surface area (Å²) in [4.78, 5) is 25.7. The molecule has 2 aromatic heterocycles. The Morgan fingerprint density at radius 3 is 2.93 bits per heavy atom. The molecule has 27 heavy (non-hydrogen) atoms. The zero-order chi connectivity index (χ0) is 18.9. The molecule has 2 aliphatic heterocycles. The fourth-order valence-electron chi connectivity index (χ4n) is 3.97. The van der Waals surface area contributed by atoms with E-state index in [0.717, 1.165) is 68.3 Å². The van der Waals surface area contributed by atoms with Crippen molar-refractivity contribution in [2.45, 2.75) is 45.1 Å². The van der Waals surface area contributed by atoms with Crippen LogP contribution >= 0.6 is 11.3 Å². The summed E-state index contributed by atoms with van der Waals surface area (Å²) in [6.45, 7) is 7.24. The number of aromatic nitrogens is 2. The van der Waals surface area contributed by atoms with E-state index in [2.05, 4.69) is 33.2 Å². The molecule has 1 fully saturated rings. The van der Waals surface area contributed by atoms with Crippen molar-refractivity contribution >= 4 is 23.1 Å². The van der Waals surface area contributed by atoms with E-state index in [0.29, 0.717) is 0 Å². The lowest BCUT2D eigenvalue weighted by atomic mass is 9.82. The number of piperidine rings is 1. The second-order valence-corrected chi connectivity index (χ2v) is 8.44. The van der Waals surface area contributed by atoms with Crippen LogP contribution in [0.15, 0.2) is 18.5 Å². The molecule has 144 valence electrons. The Kier molecular flexibility index (Phi) is 5.14. The van der Waals surface area contributed by atoms with Gasteiger partial charge in [0.05, 0.1) is 29.0 Å². The van der Waals surface area contributed by atoms with Gasteiger partial charge in [-0.2, -0.15) is 0 Å². The van der Waals surface area contributed by atoms with E-state index in [9.17, 15) is 4.79 Å². The Hall–Kier alpha value is -1.99. The van der Waals surface area contributed by atoms with Crippen molar-refractivity contribution in [1.82, 2.24) is 15.3 Å². The molecule has 0 saturated carbocycles. The molecule has 2 aromatic rings. The Bertz CT molecular complexity index is 827. The van der Waals surface area contributed by atoms with E-state index in [1.54, 1.807) is 17.5 Å². The minimum atomic E-state index is -0.263. The molecule has 1 saturated heterocycles. The highest BCUT2D eigenvalue weighted by molar-refractivity contribution is 7.14. The highest BCUT2D eigenvalue weighted by Crippen LogP contribution is 2.45. The third-order valence-electron chi connectivity index (χ3n) is 5.40. The minimum absolute atomic E-state index is 0.0406. The SMILES string of the molecule is CCCNC(=O)c1cc2c(s1)CCOC21CCN(c2cncc(C)n2)CC1. The fraction of sp³-hybridized carbons (Fsp3) is 0.550. The van der Waals surface area contributed by atoms with Gasteiger partial charge >= 0.3 is 0 Å². The van der Waals surface area contributed by atoms with Gasteiger partial charge in [0.15, 0.2) is 0 Å². The first-order chi connectivity index (χ1) is 13.1. The zero-order valence-electron chi connectivity index (χ0n) is 16.0. The van der Waals surface area contributed by atoms with E-state index in [-0.39, 0.29) is 11.5 Å². The van der Waals surface area contributed by atoms with Gasteiger partial charge in [-0.05, 0) is 37.8 Å². The van der Waals surface area contributed by atoms with Crippen LogP contribution < -0.4 is 10.2 Å². The van der Waals surface area contributed by atoms with E-state index in [4.69, 9.17) is 4.74 Å². The van der Waals surface area contributed by atoms with Crippen molar-refractivity contribution in [1.29, 1.82) is 0 Å². The molecule has 4 heterocycles. The zero-order valence-corrected chi connectivity index (χ0v) is 16.8. The first-order valence-corrected chi connectivity index (χ1v) is 10.5. The summed E-state index contributed by atoms with van der Waals surface area (Å²) in [7, 11) is 0. The van der Waals surface area contributed by atoms with Crippen LogP contribution in [0, 0.1) is 6.92 Å². The predicted octanol–water partition coefficient (Wildman–Crippen LogP) is 3.05. The van der Waals surface area contributed by atoms with Crippen molar-refractivity contribution in [2.75, 3.05) is 31.1 Å². The number of hydrogen-bond donors (Lipinski definition) is 1. The standard InChI is InChI=1S/C20H26N4O2S/c1-3-7-22-19(25)17-11-15-16(27-17)4-10-26-20(15)5-8-24(9-6-20)18-13-21-12-14(2)23-18/h11-13H,3-10H2,1-2H3,(H,22,25). The van der Waals surface area contributed by atoms with E-state index < -0.39 is 0 Å². The summed E-state index contributed by atoms with van der Waals surface area (Å²) in [6.07, 6.45) is 7.27. The van der Waals surface area contributed by atoms with Gasteiger partial charge < -0.3 is 15.0 Å². The number of anilines is 1. The van der Waals surface area contributed by atoms with Gasteiger partial charge in [0.1, 0.15) is 5.82 Å². The molecule has 0 unspecified atom stereocenters. The molecular formula is C20H26N4O2S. The average molecular weight is 387 g/mol. The Morgan fingerprint density at radius 2 is 2.19 bits per heavy atom. The second kappa shape index (κ2) is 7.56. The van der Waals surface area contributed by atoms with Crippen LogP contribution in [-0.2, 0) is 16.8 Å². The molecule has 6 nitrogen and oxygen atoms in total. The van der Waals surface area contributed by atoms with Gasteiger partial charge in [0.2, 0.25) is 0 Å². The summed E-state index contributed by atoms with van der Waals surface area (Å²) in [5.41, 5.74) is 1.90. The highest BCUT2D eigenvalue weighted by Gasteiger charge is 2.42. The third kappa shape index (κ3) is 3.58. The van der Waals surface area contributed by atoms with Gasteiger partial charge in [-0.25, -0.2) is 4.98 Å². The van der Waals surface area contributed by atoms with Gasteiger partial charge in [0.25, 0.3) is 5.91 Å². The number of thiophene rings is 1. The number of nitrogens with zero attached hydrogens (tertiary/aromatic N) is 3. The third-order valence-corrected chi connectivity index (χ3v) is 6.60. The second-order valence-electron chi connectivity index (χ2n) is 7.30. The summed E-state index contributed by atoms with van der Waals surface area (Å²) in [5.74, 6) is 0.977. The summed E-state index contributed by atoms with van der Waals surface area (Å²) >= 11 is 1.63. The Morgan fingerprint density at radius 1 is 1.37 bits per heavy atom. The predicted molar refractivity (Wildman–Crippen MR) is 106 cm³/mol. The summed E-state index contributed by atoms with van der Waals surface area (Å²) in [6, 6.07) is 2.08. The van der Waals surface area contributed by atoms with Gasteiger partial charge in [0, 0.05) is 37.1 Å². The normalized spacial score (nSPS) is 18.4. The number of carbonyl (C=O) groups is 1. The van der Waals surface area contributed by atoms with Crippen molar-refractivity contribution in [3.63, 3.8) is 0 Å². The van der Waals surface area contributed by atoms with Crippen LogP contribution in [0.4, 0.5) is 5.82 Å². The minimum Gasteiger partial charge on any atom is -0.370 e. The van der Waals surface area contributed by atoms with Crippen LogP contribution in [0.25, 0.3) is 0 Å². The number of hydrogen-bond acceptors (Lipinski definition) is 6. The summed E-state index contributed by atoms with van der Waals surface area (Å²) < 4.78 is 6.33. The quantitative estimate of drug-likeness (QED) is 0.875. The molecule has 0 bridgehead atoms. The fourth-order valence-corrected chi connectivity index (χ4v) is 5.12. The lowest BCUT2D eigenvalue weighted by Crippen LogP contribution is -2.46. The molecule has 1 amide bonds. The first kappa shape index (κ1) is 18.4. The summed E-state index contributed by atoms with van der Waals surface area (Å²) in [5, 5.41) is 2.99. The molecule has 0 atom stereocenters. The Labute approximate surface area is 164 Å². The maximum absolute atomic E-state index is 12.4. The van der Waals surface area contributed by atoms with E-state index in [1.165, 1.54) is 10.4 Å². The van der Waals surface area contributed by atoms with Crippen LogP contribution in [0.5, 0.6) is 0 Å². The maximum atomic E-state index is 12.4. The number of rotatable bonds is 4. The lowest BCUT2D eigenvalue weighted by molar-refractivity contribution is -0.0757. The number of amides is 1. The average Bonchev–Trinajstić information content (AvgIpc) is 3.13. The van der Waals surface area contributed by atoms with Gasteiger partial charge in [-0.15, -0.1) is 11.3 Å². The number of ether oxygens (including phenoxy) is 1. The van der Waals surface area contributed by atoms with Crippen molar-refractivity contribution in [3.8, 4) is 0 Å². The lowest BCUT2D eigenvalue weighted by Gasteiger charge is -2.44. The van der Waals surface area contributed by atoms with Gasteiger partial charge in [-0.1, -0.05) is 6.92 Å². The number of carbonyl (C=O) groups excluding carboxylic acids is 1. The van der Waals surface area contributed by atoms with E-state index >= 15 is 0 Å². The molecular weight excluding hydrogens is 360 g/mol. The van der Waals surface area contributed by atoms with Crippen LogP contribution in [0.2, 0.25) is 0 Å². The van der Waals surface area contributed by atoms with Crippen molar-refractivity contribution in [3.05, 3.63) is 39.5 Å². The van der Waals surface area contributed by atoms with Crippen molar-refractivity contribution in [2.24, 2.45) is 0 Å². The smallest absolute Gasteiger partial charge is 0.261 e. The monoisotopic (exact) mass is 386 g/mol. The van der Waals surface area contributed by atoms with Crippen molar-refractivity contribution < 1.29 is 9.53 Å². The largest absolute Gasteiger partial charge is 0.370 e. The van der Waals surface area contributed by atoms with Crippen LogP contribution in [0.1, 0.15) is 52.0 Å². The molecule has 2 aliphatic rings. The molecule has 1 N–H and O–H groups in total. The number of aryl methyl sites for hydroxylation is 1. The molecule has 4 rings (SSSR count). The van der Waals surface area contributed by atoms with E-state index in [1.807, 2.05) is 13.1 Å². The number of nitrogens with one attached hydrogen (secondary N) is 1. The van der Waals surface area contributed by atoms with Crippen LogP contribution in [-0.4, -0.2) is 42.1 Å². The van der Waals surface area contributed by atoms with Gasteiger partial charge in [-0.3, -0.25) is 9.78 Å². The molecule has 1 spiro atoms. The molecule has 7 heteroatoms. The molecule has 0 radical (unpaired) electrons. The topological polar surface area (TPSA) is 67.3 Å². The molecule has 0 aromatic carbocycles. The molecule has 0 aliphatic carbocycles. The Balaban J connectivity index is 1.53. The number of fused-ring (bicyclic) bond motifs is 2. The highest BCUT2D eigenvalue weighted by atomic mass is 32.1.